The van der Waals surface area contributed by atoms with Gasteiger partial charge in [0.15, 0.2) is 0 Å². The van der Waals surface area contributed by atoms with E-state index in [0.29, 0.717) is 11.4 Å². The Kier molecular flexibility index (Phi) is 12.9. The molecular weight excluding hydrogens is 1240 g/mol. The van der Waals surface area contributed by atoms with E-state index in [1.165, 1.54) is 21.3 Å². The largest absolute Gasteiger partial charge is 0.311 e. The Balaban J connectivity index is 1.05. The number of benzene rings is 13. The second-order valence-corrected chi connectivity index (χ2v) is 33.0. The highest BCUT2D eigenvalue weighted by molar-refractivity contribution is 7.00. The van der Waals surface area contributed by atoms with Crippen molar-refractivity contribution in [1.29, 1.82) is 0 Å². The van der Waals surface area contributed by atoms with Gasteiger partial charge in [0, 0.05) is 73.0 Å². The van der Waals surface area contributed by atoms with Crippen molar-refractivity contribution in [2.75, 3.05) is 14.7 Å². The molecular formula is C98H93BN4. The molecule has 0 spiro atoms. The average molecular weight is 1350 g/mol. The van der Waals surface area contributed by atoms with E-state index in [4.69, 9.17) is 6.85 Å². The van der Waals surface area contributed by atoms with Gasteiger partial charge >= 0.3 is 0 Å². The Morgan fingerprint density at radius 2 is 0.738 bits per heavy atom. The third-order valence-corrected chi connectivity index (χ3v) is 20.8. The Morgan fingerprint density at radius 1 is 0.301 bits per heavy atom. The summed E-state index contributed by atoms with van der Waals surface area (Å²) in [5, 5.41) is -0.155. The average Bonchev–Trinajstić information content (AvgIpc) is 1.10. The van der Waals surface area contributed by atoms with Crippen molar-refractivity contribution >= 4 is 96.1 Å². The van der Waals surface area contributed by atoms with Crippen molar-refractivity contribution in [3.8, 4) is 50.2 Å². The first kappa shape index (κ1) is 53.0. The molecule has 103 heavy (non-hydrogen) atoms. The fraction of sp³-hybridized carbons (Fsp3) is 0.204. The van der Waals surface area contributed by atoms with Gasteiger partial charge in [-0.1, -0.05) is 292 Å². The van der Waals surface area contributed by atoms with E-state index in [1.54, 1.807) is 29.2 Å². The van der Waals surface area contributed by atoms with Crippen LogP contribution in [0.1, 0.15) is 149 Å². The minimum absolute atomic E-state index is 0.0637. The third-order valence-electron chi connectivity index (χ3n) is 20.8. The predicted octanol–water partition coefficient (Wildman–Crippen LogP) is 25.5. The second-order valence-electron chi connectivity index (χ2n) is 33.0. The number of aromatic nitrogens is 1. The van der Waals surface area contributed by atoms with Gasteiger partial charge in [-0.3, -0.25) is 0 Å². The molecule has 0 aliphatic carbocycles. The Morgan fingerprint density at radius 3 is 1.26 bits per heavy atom. The lowest BCUT2D eigenvalue weighted by Crippen LogP contribution is -2.61. The molecule has 0 saturated heterocycles. The summed E-state index contributed by atoms with van der Waals surface area (Å²) in [6.07, 6.45) is 0. The zero-order valence-electron chi connectivity index (χ0n) is 74.6. The number of hydrogen-bond donors (Lipinski definition) is 0. The van der Waals surface area contributed by atoms with Crippen LogP contribution in [0.15, 0.2) is 291 Å². The van der Waals surface area contributed by atoms with E-state index in [1.807, 2.05) is 12.1 Å². The molecule has 508 valence electrons. The van der Waals surface area contributed by atoms with Gasteiger partial charge in [-0.25, -0.2) is 0 Å². The van der Waals surface area contributed by atoms with Crippen LogP contribution in [0.25, 0.3) is 72.0 Å². The minimum Gasteiger partial charge on any atom is -0.311 e. The highest BCUT2D eigenvalue weighted by Gasteiger charge is 2.46. The number of hydrogen-bond acceptors (Lipinski definition) is 3. The van der Waals surface area contributed by atoms with E-state index in [-0.39, 0.29) is 54.8 Å². The topological polar surface area (TPSA) is 14.7 Å². The predicted molar refractivity (Wildman–Crippen MR) is 445 cm³/mol. The molecule has 4 nitrogen and oxygen atoms in total. The molecule has 0 fully saturated rings. The van der Waals surface area contributed by atoms with Crippen molar-refractivity contribution in [3.05, 3.63) is 319 Å². The molecule has 14 aromatic rings. The van der Waals surface area contributed by atoms with E-state index in [0.717, 1.165) is 106 Å². The lowest BCUT2D eigenvalue weighted by atomic mass is 9.33. The molecule has 0 N–H and O–H groups in total. The minimum atomic E-state index is -0.577. The van der Waals surface area contributed by atoms with Crippen molar-refractivity contribution in [2.45, 2.75) is 131 Å². The van der Waals surface area contributed by atoms with Crippen molar-refractivity contribution in [1.82, 2.24) is 4.57 Å². The summed E-state index contributed by atoms with van der Waals surface area (Å²) in [6.45, 7) is 33.5. The second kappa shape index (κ2) is 25.0. The monoisotopic (exact) mass is 1350 g/mol. The first-order valence-electron chi connectivity index (χ1n) is 42.4. The van der Waals surface area contributed by atoms with Crippen LogP contribution < -0.4 is 31.1 Å². The Bertz CT molecular complexity index is 6200. The van der Waals surface area contributed by atoms with Crippen LogP contribution in [0.3, 0.4) is 0 Å². The smallest absolute Gasteiger partial charge is 0.252 e. The van der Waals surface area contributed by atoms with Crippen LogP contribution in [0.4, 0.5) is 51.2 Å². The first-order chi connectivity index (χ1) is 54.6. The molecule has 16 rings (SSSR count). The molecule has 13 aromatic carbocycles. The SMILES string of the molecule is [2H]c1c([2H])c([2H])c(N(c2ccc(-n3c4c([2H])c([2H])c([2H])c([2H])c4c4c([2H])c([2H])c([2H])c([2H])c43)cc2)c2ccc3c(c2)N(c2ccc(C(C)(C)C)cc2-c2ccccc2)c2cc(C(C)(C)C)cc4c2B3c2ccc(-c3cc(C(C)(C)C)cc(C(C)(C)C)c3)cc2N4c2c(-c3ccccc3)cc(C(C)(C)C)cc2-c2ccccc2)c([2H])c1[2H]. The van der Waals surface area contributed by atoms with E-state index in [9.17, 15) is 11.0 Å². The van der Waals surface area contributed by atoms with Crippen molar-refractivity contribution < 1.29 is 17.8 Å². The normalized spacial score (nSPS) is 14.9. The number of rotatable bonds is 10. The van der Waals surface area contributed by atoms with E-state index < -0.39 is 90.7 Å². The summed E-state index contributed by atoms with van der Waals surface area (Å²) in [5.41, 5.74) is 21.9. The Hall–Kier alpha value is -10.9. The standard InChI is InChI=1S/C98H93BN4/c1-94(2,3)69-45-53-87(80(58-69)64-32-20-16-21-33-64)102-89-63-77(100(74-38-26-19-27-39-74)75-46-48-76(49-47-75)101-85-42-30-28-40-78(85)79-41-29-31-43-86(79)101)50-52-84(89)99-83-51-44-67(68-54-70(95(4,5)6)57-71(55-68)96(7,8)9)56-88(83)103(91-62-73(98(13,14)15)61-90(102)92(91)99)93-81(65-34-22-17-23-35-65)59-72(97(10,11)12)60-82(93)66-36-24-18-25-37-66/h16-63H,1-15H3/i19D,26D,27D,28D,29D,30D,31D,38D,39D,40D,41D,42D,43D. The van der Waals surface area contributed by atoms with Gasteiger partial charge in [0.2, 0.25) is 0 Å². The molecule has 2 aliphatic rings. The van der Waals surface area contributed by atoms with Gasteiger partial charge in [0.05, 0.1) is 40.2 Å². The van der Waals surface area contributed by atoms with Crippen LogP contribution in [0.5, 0.6) is 0 Å². The van der Waals surface area contributed by atoms with Gasteiger partial charge in [0.1, 0.15) is 0 Å². The molecule has 0 amide bonds. The summed E-state index contributed by atoms with van der Waals surface area (Å²) in [7, 11) is 0. The highest BCUT2D eigenvalue weighted by Crippen LogP contribution is 2.55. The van der Waals surface area contributed by atoms with Gasteiger partial charge in [-0.15, -0.1) is 0 Å². The molecule has 0 unspecified atom stereocenters. The number of fused-ring (bicyclic) bond motifs is 7. The number of anilines is 9. The molecule has 0 saturated carbocycles. The lowest BCUT2D eigenvalue weighted by molar-refractivity contribution is 0.569. The van der Waals surface area contributed by atoms with Crippen molar-refractivity contribution in [2.24, 2.45) is 0 Å². The molecule has 3 heterocycles. The fourth-order valence-corrected chi connectivity index (χ4v) is 15.1. The third kappa shape index (κ3) is 11.9. The lowest BCUT2D eigenvalue weighted by Gasteiger charge is -2.46. The molecule has 1 aromatic heterocycles. The zero-order valence-corrected chi connectivity index (χ0v) is 61.6. The van der Waals surface area contributed by atoms with E-state index >= 15 is 0 Å². The van der Waals surface area contributed by atoms with Gasteiger partial charge in [-0.05, 0) is 202 Å². The number of nitrogens with zero attached hydrogens (tertiary/aromatic N) is 4. The highest BCUT2D eigenvalue weighted by atomic mass is 15.2. The maximum Gasteiger partial charge on any atom is 0.252 e. The van der Waals surface area contributed by atoms with Crippen LogP contribution in [0.2, 0.25) is 0 Å². The van der Waals surface area contributed by atoms with Crippen LogP contribution in [-0.4, -0.2) is 11.3 Å². The van der Waals surface area contributed by atoms with Gasteiger partial charge in [-0.2, -0.15) is 0 Å². The van der Waals surface area contributed by atoms with E-state index in [2.05, 4.69) is 290 Å². The first-order valence-corrected chi connectivity index (χ1v) is 35.9. The fourth-order valence-electron chi connectivity index (χ4n) is 15.1. The molecule has 0 radical (unpaired) electrons. The summed E-state index contributed by atoms with van der Waals surface area (Å²) < 4.78 is 122. The summed E-state index contributed by atoms with van der Waals surface area (Å²) in [5.74, 6) is 0. The summed E-state index contributed by atoms with van der Waals surface area (Å²) in [6, 6.07) is 68.8. The molecule has 2 aliphatic heterocycles. The maximum atomic E-state index is 9.93. The maximum absolute atomic E-state index is 9.93. The van der Waals surface area contributed by atoms with Crippen LogP contribution in [-0.2, 0) is 27.1 Å². The number of para-hydroxylation sites is 3. The summed E-state index contributed by atoms with van der Waals surface area (Å²) >= 11 is 0. The quantitative estimate of drug-likeness (QED) is 0.127. The molecule has 5 heteroatoms. The Labute approximate surface area is 629 Å². The van der Waals surface area contributed by atoms with Gasteiger partial charge in [0.25, 0.3) is 6.71 Å². The summed E-state index contributed by atoms with van der Waals surface area (Å²) in [4.78, 5) is 6.66. The molecule has 0 bridgehead atoms. The van der Waals surface area contributed by atoms with Crippen molar-refractivity contribution in [3.63, 3.8) is 0 Å². The zero-order chi connectivity index (χ0) is 83.0. The van der Waals surface area contributed by atoms with Gasteiger partial charge < -0.3 is 19.3 Å². The van der Waals surface area contributed by atoms with Crippen LogP contribution >= 0.6 is 0 Å². The molecule has 0 atom stereocenters. The van der Waals surface area contributed by atoms with Crippen LogP contribution in [0, 0.1) is 0 Å².